The molecule has 2 aromatic carbocycles. The van der Waals surface area contributed by atoms with E-state index in [4.69, 9.17) is 37.9 Å². The Balaban J connectivity index is 1.70. The van der Waals surface area contributed by atoms with Crippen LogP contribution in [-0.4, -0.2) is 23.0 Å². The number of amides is 1. The van der Waals surface area contributed by atoms with Gasteiger partial charge in [-0.15, -0.1) is 0 Å². The first-order valence-electron chi connectivity index (χ1n) is 10.7. The molecule has 0 spiro atoms. The molecule has 1 N–H and O–H groups in total. The second-order valence-electron chi connectivity index (χ2n) is 9.70. The van der Waals surface area contributed by atoms with Gasteiger partial charge in [0, 0.05) is 5.41 Å². The molecule has 1 fully saturated rings. The largest absolute Gasteiger partial charge is 0.495 e. The fourth-order valence-electron chi connectivity index (χ4n) is 5.75. The van der Waals surface area contributed by atoms with Crippen LogP contribution in [0.2, 0.25) is 10.0 Å². The Labute approximate surface area is 197 Å². The highest BCUT2D eigenvalue weighted by atomic mass is 35.5. The zero-order valence-corrected chi connectivity index (χ0v) is 20.3. The highest BCUT2D eigenvalue weighted by Crippen LogP contribution is 2.70. The number of aryl methyl sites for hydroxylation is 1. The first kappa shape index (κ1) is 21.5. The average Bonchev–Trinajstić information content (AvgIpc) is 3.03. The van der Waals surface area contributed by atoms with Crippen molar-refractivity contribution in [3.05, 3.63) is 57.3 Å². The normalized spacial score (nSPS) is 25.1. The van der Waals surface area contributed by atoms with Crippen LogP contribution in [0.4, 0.5) is 5.69 Å². The Bertz CT molecular complexity index is 1310. The Morgan fingerprint density at radius 2 is 1.62 bits per heavy atom. The van der Waals surface area contributed by atoms with Gasteiger partial charge in [-0.25, -0.2) is 9.97 Å². The van der Waals surface area contributed by atoms with Crippen LogP contribution < -0.4 is 10.1 Å². The summed E-state index contributed by atoms with van der Waals surface area (Å²) in [7, 11) is 1.60. The van der Waals surface area contributed by atoms with Gasteiger partial charge in [0.1, 0.15) is 5.75 Å². The van der Waals surface area contributed by atoms with Crippen LogP contribution in [0.15, 0.2) is 30.3 Å². The zero-order chi connectivity index (χ0) is 23.1. The monoisotopic (exact) mass is 469 g/mol. The Morgan fingerprint density at radius 1 is 1.00 bits per heavy atom. The molecular formula is C25H25Cl2N3O2. The zero-order valence-electron chi connectivity index (χ0n) is 18.8. The Morgan fingerprint density at radius 3 is 2.25 bits per heavy atom. The van der Waals surface area contributed by atoms with Crippen LogP contribution in [0.3, 0.4) is 0 Å². The lowest BCUT2D eigenvalue weighted by atomic mass is 9.63. The van der Waals surface area contributed by atoms with Crippen molar-refractivity contribution in [2.75, 3.05) is 12.4 Å². The van der Waals surface area contributed by atoms with E-state index in [9.17, 15) is 4.79 Å². The lowest BCUT2D eigenvalue weighted by Crippen LogP contribution is -2.48. The molecule has 2 unspecified atom stereocenters. The number of methoxy groups -OCH3 is 1. The second kappa shape index (κ2) is 6.82. The number of ether oxygens (including phenoxy) is 1. The van der Waals surface area contributed by atoms with Gasteiger partial charge in [0.15, 0.2) is 0 Å². The molecule has 1 heterocycles. The van der Waals surface area contributed by atoms with E-state index in [0.29, 0.717) is 38.9 Å². The van der Waals surface area contributed by atoms with Gasteiger partial charge in [-0.3, -0.25) is 4.79 Å². The Kier molecular flexibility index (Phi) is 4.57. The maximum absolute atomic E-state index is 14.1. The van der Waals surface area contributed by atoms with Crippen LogP contribution >= 0.6 is 23.2 Å². The third-order valence-electron chi connectivity index (χ3n) is 8.07. The molecule has 1 amide bonds. The van der Waals surface area contributed by atoms with E-state index in [2.05, 4.69) is 26.1 Å². The van der Waals surface area contributed by atoms with Crippen LogP contribution in [-0.2, 0) is 15.6 Å². The summed E-state index contributed by atoms with van der Waals surface area (Å²) in [5, 5.41) is 4.03. The number of rotatable bonds is 3. The number of carbonyl (C=O) groups excluding carboxylic acids is 1. The van der Waals surface area contributed by atoms with E-state index >= 15 is 0 Å². The molecule has 2 bridgehead atoms. The topological polar surface area (TPSA) is 64.1 Å². The number of hydrogen-bond acceptors (Lipinski definition) is 4. The Hall–Kier alpha value is -2.37. The summed E-state index contributed by atoms with van der Waals surface area (Å²) >= 11 is 12.5. The SMILES string of the molecule is COc1ccc(C)cc1NC(=O)C12CCC(C)(c3nc4cc(Cl)c(Cl)cc4nc31)C2(C)C. The summed E-state index contributed by atoms with van der Waals surface area (Å²) in [5.74, 6) is 0.547. The minimum absolute atomic E-state index is 0.0809. The van der Waals surface area contributed by atoms with Gasteiger partial charge in [-0.1, -0.05) is 50.0 Å². The van der Waals surface area contributed by atoms with Gasteiger partial charge >= 0.3 is 0 Å². The quantitative estimate of drug-likeness (QED) is 0.494. The van der Waals surface area contributed by atoms with Gasteiger partial charge < -0.3 is 10.1 Å². The molecule has 1 aromatic heterocycles. The second-order valence-corrected chi connectivity index (χ2v) is 10.5. The van der Waals surface area contributed by atoms with E-state index < -0.39 is 10.8 Å². The maximum Gasteiger partial charge on any atom is 0.237 e. The molecule has 32 heavy (non-hydrogen) atoms. The summed E-state index contributed by atoms with van der Waals surface area (Å²) in [5.41, 5.74) is 3.16. The van der Waals surface area contributed by atoms with Gasteiger partial charge in [-0.2, -0.15) is 0 Å². The third-order valence-corrected chi connectivity index (χ3v) is 8.79. The predicted octanol–water partition coefficient (Wildman–Crippen LogP) is 6.22. The molecule has 1 saturated carbocycles. The molecule has 2 aliphatic carbocycles. The fraction of sp³-hybridized carbons (Fsp3) is 0.400. The van der Waals surface area contributed by atoms with E-state index in [1.807, 2.05) is 25.1 Å². The van der Waals surface area contributed by atoms with Crippen molar-refractivity contribution < 1.29 is 9.53 Å². The van der Waals surface area contributed by atoms with Crippen molar-refractivity contribution >= 4 is 45.8 Å². The molecule has 7 heteroatoms. The number of carbonyl (C=O) groups is 1. The molecule has 2 aliphatic rings. The van der Waals surface area contributed by atoms with Crippen molar-refractivity contribution in [3.8, 4) is 5.75 Å². The average molecular weight is 470 g/mol. The van der Waals surface area contributed by atoms with Crippen molar-refractivity contribution in [3.63, 3.8) is 0 Å². The first-order valence-corrected chi connectivity index (χ1v) is 11.4. The molecule has 3 aromatic rings. The maximum atomic E-state index is 14.1. The fourth-order valence-corrected chi connectivity index (χ4v) is 6.07. The van der Waals surface area contributed by atoms with Crippen LogP contribution in [0.5, 0.6) is 5.75 Å². The first-order chi connectivity index (χ1) is 15.0. The highest BCUT2D eigenvalue weighted by molar-refractivity contribution is 6.42. The van der Waals surface area contributed by atoms with Crippen molar-refractivity contribution in [1.82, 2.24) is 9.97 Å². The summed E-state index contributed by atoms with van der Waals surface area (Å²) in [6, 6.07) is 9.23. The number of halogens is 2. The number of hydrogen-bond donors (Lipinski definition) is 1. The van der Waals surface area contributed by atoms with Crippen molar-refractivity contribution in [1.29, 1.82) is 0 Å². The smallest absolute Gasteiger partial charge is 0.237 e. The van der Waals surface area contributed by atoms with E-state index in [1.54, 1.807) is 19.2 Å². The number of aromatic nitrogens is 2. The lowest BCUT2D eigenvalue weighted by Gasteiger charge is -2.39. The van der Waals surface area contributed by atoms with Crippen LogP contribution in [0, 0.1) is 12.3 Å². The summed E-state index contributed by atoms with van der Waals surface area (Å²) in [6.45, 7) is 8.49. The minimum atomic E-state index is -0.820. The number of nitrogens with zero attached hydrogens (tertiary/aromatic N) is 2. The number of benzene rings is 2. The third kappa shape index (κ3) is 2.55. The van der Waals surface area contributed by atoms with E-state index in [1.165, 1.54) is 0 Å². The number of anilines is 1. The standard InChI is InChI=1S/C25H25Cl2N3O2/c1-13-6-7-19(32-5)18(10-13)30-22(31)25-9-8-24(4,23(25,2)3)20-21(25)29-17-12-15(27)14(26)11-16(17)28-20/h6-7,10-12H,8-9H2,1-5H3,(H,30,31). The molecule has 5 nitrogen and oxygen atoms in total. The molecule has 0 aliphatic heterocycles. The van der Waals surface area contributed by atoms with Gasteiger partial charge in [0.05, 0.1) is 50.7 Å². The molecule has 2 atom stereocenters. The van der Waals surface area contributed by atoms with Gasteiger partial charge in [0.2, 0.25) is 5.91 Å². The van der Waals surface area contributed by atoms with E-state index in [0.717, 1.165) is 23.4 Å². The predicted molar refractivity (Wildman–Crippen MR) is 128 cm³/mol. The summed E-state index contributed by atoms with van der Waals surface area (Å²) in [6.07, 6.45) is 1.55. The van der Waals surface area contributed by atoms with Gasteiger partial charge in [-0.05, 0) is 55.0 Å². The summed E-state index contributed by atoms with van der Waals surface area (Å²) in [4.78, 5) is 24.0. The molecular weight excluding hydrogens is 445 g/mol. The lowest BCUT2D eigenvalue weighted by molar-refractivity contribution is -0.125. The summed E-state index contributed by atoms with van der Waals surface area (Å²) < 4.78 is 5.49. The number of nitrogens with one attached hydrogen (secondary N) is 1. The molecule has 166 valence electrons. The van der Waals surface area contributed by atoms with Crippen LogP contribution in [0.25, 0.3) is 11.0 Å². The molecule has 0 saturated heterocycles. The van der Waals surface area contributed by atoms with Gasteiger partial charge in [0.25, 0.3) is 0 Å². The van der Waals surface area contributed by atoms with Crippen molar-refractivity contribution in [2.24, 2.45) is 5.41 Å². The van der Waals surface area contributed by atoms with Crippen LogP contribution in [0.1, 0.15) is 50.6 Å². The molecule has 5 rings (SSSR count). The molecule has 0 radical (unpaired) electrons. The highest BCUT2D eigenvalue weighted by Gasteiger charge is 2.73. The van der Waals surface area contributed by atoms with E-state index in [-0.39, 0.29) is 11.3 Å². The number of fused-ring (bicyclic) bond motifs is 6. The minimum Gasteiger partial charge on any atom is -0.495 e. The van der Waals surface area contributed by atoms with Crippen molar-refractivity contribution in [2.45, 2.75) is 51.4 Å².